The summed E-state index contributed by atoms with van der Waals surface area (Å²) in [6, 6.07) is 0.478. The number of nitrogens with zero attached hydrogens (tertiary/aromatic N) is 1. The zero-order valence-corrected chi connectivity index (χ0v) is 11.7. The van der Waals surface area contributed by atoms with Crippen LogP contribution in [0, 0.1) is 5.92 Å². The lowest BCUT2D eigenvalue weighted by Gasteiger charge is -2.36. The Morgan fingerprint density at radius 1 is 1.59 bits per heavy atom. The highest BCUT2D eigenvalue weighted by atomic mass is 16.5. The van der Waals surface area contributed by atoms with Gasteiger partial charge in [-0.15, -0.1) is 0 Å². The monoisotopic (exact) mass is 242 g/mol. The van der Waals surface area contributed by atoms with Crippen molar-refractivity contribution in [1.82, 2.24) is 10.2 Å². The van der Waals surface area contributed by atoms with E-state index in [0.29, 0.717) is 12.0 Å². The number of methoxy groups -OCH3 is 1. The molecule has 100 valence electrons. The van der Waals surface area contributed by atoms with E-state index in [2.05, 4.69) is 31.1 Å². The number of carbonyl (C=O) groups is 1. The minimum atomic E-state index is -0.521. The smallest absolute Gasteiger partial charge is 0.327 e. The zero-order valence-electron chi connectivity index (χ0n) is 11.7. The van der Waals surface area contributed by atoms with Gasteiger partial charge in [0, 0.05) is 12.6 Å². The Labute approximate surface area is 105 Å². The first-order valence-corrected chi connectivity index (χ1v) is 6.49. The van der Waals surface area contributed by atoms with Gasteiger partial charge in [0.25, 0.3) is 0 Å². The second-order valence-electron chi connectivity index (χ2n) is 5.16. The number of carbonyl (C=O) groups excluding carboxylic acids is 1. The Morgan fingerprint density at radius 3 is 2.53 bits per heavy atom. The summed E-state index contributed by atoms with van der Waals surface area (Å²) in [5.41, 5.74) is -0.521. The summed E-state index contributed by atoms with van der Waals surface area (Å²) < 4.78 is 4.99. The Bertz CT molecular complexity index is 266. The van der Waals surface area contributed by atoms with Gasteiger partial charge in [-0.1, -0.05) is 6.92 Å². The maximum absolute atomic E-state index is 12.1. The molecule has 0 radical (unpaired) electrons. The van der Waals surface area contributed by atoms with Gasteiger partial charge in [-0.25, -0.2) is 4.79 Å². The van der Waals surface area contributed by atoms with Crippen LogP contribution in [0.4, 0.5) is 0 Å². The largest absolute Gasteiger partial charge is 0.468 e. The molecule has 0 aromatic rings. The molecule has 0 spiro atoms. The lowest BCUT2D eigenvalue weighted by molar-refractivity contribution is -0.150. The standard InChI is InChI=1S/C13H26N2O2/c1-6-10(2)15(4)9-13(14-3,11-7-8-11)12(16)17-5/h10-11,14H,6-9H2,1-5H3. The third kappa shape index (κ3) is 2.99. The number of likely N-dealkylation sites (N-methyl/N-ethyl adjacent to an activating group) is 2. The number of esters is 1. The van der Waals surface area contributed by atoms with E-state index in [4.69, 9.17) is 4.74 Å². The van der Waals surface area contributed by atoms with E-state index in [0.717, 1.165) is 25.8 Å². The summed E-state index contributed by atoms with van der Waals surface area (Å²) >= 11 is 0. The maximum atomic E-state index is 12.1. The molecule has 1 saturated carbocycles. The van der Waals surface area contributed by atoms with Crippen molar-refractivity contribution < 1.29 is 9.53 Å². The fourth-order valence-corrected chi connectivity index (χ4v) is 2.36. The normalized spacial score (nSPS) is 21.1. The minimum Gasteiger partial charge on any atom is -0.468 e. The van der Waals surface area contributed by atoms with Crippen molar-refractivity contribution in [3.8, 4) is 0 Å². The summed E-state index contributed by atoms with van der Waals surface area (Å²) in [4.78, 5) is 14.3. The van der Waals surface area contributed by atoms with Gasteiger partial charge in [0.1, 0.15) is 5.54 Å². The average Bonchev–Trinajstić information content (AvgIpc) is 3.18. The van der Waals surface area contributed by atoms with E-state index in [1.807, 2.05) is 7.05 Å². The van der Waals surface area contributed by atoms with Crippen molar-refractivity contribution in [2.45, 2.75) is 44.7 Å². The van der Waals surface area contributed by atoms with Crippen LogP contribution in [0.2, 0.25) is 0 Å². The molecule has 1 fully saturated rings. The molecule has 0 aliphatic heterocycles. The number of ether oxygens (including phenoxy) is 1. The SMILES string of the molecule is CCC(C)N(C)CC(NC)(C(=O)OC)C1CC1. The summed E-state index contributed by atoms with van der Waals surface area (Å²) in [7, 11) is 5.41. The lowest BCUT2D eigenvalue weighted by Crippen LogP contribution is -2.60. The molecular weight excluding hydrogens is 216 g/mol. The predicted octanol–water partition coefficient (Wildman–Crippen LogP) is 1.26. The van der Waals surface area contributed by atoms with Crippen molar-refractivity contribution in [2.24, 2.45) is 5.92 Å². The molecule has 0 aromatic heterocycles. The van der Waals surface area contributed by atoms with Gasteiger partial charge in [0.05, 0.1) is 7.11 Å². The Kier molecular flexibility index (Phi) is 4.95. The highest BCUT2D eigenvalue weighted by Gasteiger charge is 2.51. The first-order chi connectivity index (χ1) is 8.01. The molecule has 0 aromatic carbocycles. The molecule has 0 amide bonds. The Balaban J connectivity index is 2.79. The van der Waals surface area contributed by atoms with Gasteiger partial charge in [0.2, 0.25) is 0 Å². The molecule has 1 aliphatic rings. The first-order valence-electron chi connectivity index (χ1n) is 6.49. The number of rotatable bonds is 7. The quantitative estimate of drug-likeness (QED) is 0.682. The molecule has 2 atom stereocenters. The van der Waals surface area contributed by atoms with Gasteiger partial charge < -0.3 is 15.0 Å². The van der Waals surface area contributed by atoms with Crippen molar-refractivity contribution in [2.75, 3.05) is 27.7 Å². The molecule has 1 N–H and O–H groups in total. The second kappa shape index (κ2) is 5.83. The van der Waals surface area contributed by atoms with Gasteiger partial charge in [-0.3, -0.25) is 0 Å². The Morgan fingerprint density at radius 2 is 2.18 bits per heavy atom. The summed E-state index contributed by atoms with van der Waals surface area (Å²) in [6.45, 7) is 5.07. The van der Waals surface area contributed by atoms with E-state index >= 15 is 0 Å². The van der Waals surface area contributed by atoms with Crippen LogP contribution >= 0.6 is 0 Å². The van der Waals surface area contributed by atoms with E-state index in [1.165, 1.54) is 7.11 Å². The van der Waals surface area contributed by atoms with E-state index in [1.54, 1.807) is 0 Å². The molecule has 0 heterocycles. The number of nitrogens with one attached hydrogen (secondary N) is 1. The maximum Gasteiger partial charge on any atom is 0.327 e. The molecule has 0 bridgehead atoms. The summed E-state index contributed by atoms with van der Waals surface area (Å²) in [5.74, 6) is 0.295. The molecule has 4 nitrogen and oxygen atoms in total. The average molecular weight is 242 g/mol. The van der Waals surface area contributed by atoms with Gasteiger partial charge in [-0.2, -0.15) is 0 Å². The van der Waals surface area contributed by atoms with Crippen LogP contribution in [-0.4, -0.2) is 50.2 Å². The molecule has 2 unspecified atom stereocenters. The lowest BCUT2D eigenvalue weighted by atomic mass is 9.92. The van der Waals surface area contributed by atoms with Gasteiger partial charge in [0.15, 0.2) is 0 Å². The molecule has 17 heavy (non-hydrogen) atoms. The van der Waals surface area contributed by atoms with Crippen molar-refractivity contribution in [3.63, 3.8) is 0 Å². The van der Waals surface area contributed by atoms with Crippen LogP contribution in [0.5, 0.6) is 0 Å². The summed E-state index contributed by atoms with van der Waals surface area (Å²) in [5, 5.41) is 3.22. The van der Waals surface area contributed by atoms with Crippen LogP contribution in [-0.2, 0) is 9.53 Å². The summed E-state index contributed by atoms with van der Waals surface area (Å²) in [6.07, 6.45) is 3.32. The van der Waals surface area contributed by atoms with Crippen LogP contribution in [0.25, 0.3) is 0 Å². The van der Waals surface area contributed by atoms with Gasteiger partial charge in [-0.05, 0) is 46.2 Å². The van der Waals surface area contributed by atoms with Crippen LogP contribution in [0.3, 0.4) is 0 Å². The van der Waals surface area contributed by atoms with Gasteiger partial charge >= 0.3 is 5.97 Å². The molecule has 4 heteroatoms. The molecule has 0 saturated heterocycles. The third-order valence-corrected chi connectivity index (χ3v) is 4.11. The molecule has 1 aliphatic carbocycles. The van der Waals surface area contributed by atoms with E-state index in [9.17, 15) is 4.79 Å². The van der Waals surface area contributed by atoms with Crippen LogP contribution in [0.15, 0.2) is 0 Å². The predicted molar refractivity (Wildman–Crippen MR) is 68.9 cm³/mol. The van der Waals surface area contributed by atoms with Crippen molar-refractivity contribution in [3.05, 3.63) is 0 Å². The van der Waals surface area contributed by atoms with E-state index in [-0.39, 0.29) is 5.97 Å². The second-order valence-corrected chi connectivity index (χ2v) is 5.16. The van der Waals surface area contributed by atoms with Crippen LogP contribution in [0.1, 0.15) is 33.1 Å². The number of hydrogen-bond acceptors (Lipinski definition) is 4. The zero-order chi connectivity index (χ0) is 13.1. The first kappa shape index (κ1) is 14.5. The van der Waals surface area contributed by atoms with Crippen LogP contribution < -0.4 is 5.32 Å². The van der Waals surface area contributed by atoms with Crippen molar-refractivity contribution >= 4 is 5.97 Å². The van der Waals surface area contributed by atoms with E-state index < -0.39 is 5.54 Å². The third-order valence-electron chi connectivity index (χ3n) is 4.11. The topological polar surface area (TPSA) is 41.6 Å². The number of hydrogen-bond donors (Lipinski definition) is 1. The highest BCUT2D eigenvalue weighted by molar-refractivity contribution is 5.82. The minimum absolute atomic E-state index is 0.127. The Hall–Kier alpha value is -0.610. The fraction of sp³-hybridized carbons (Fsp3) is 0.923. The van der Waals surface area contributed by atoms with Crippen molar-refractivity contribution in [1.29, 1.82) is 0 Å². The molecular formula is C13H26N2O2. The fourth-order valence-electron chi connectivity index (χ4n) is 2.36. The molecule has 1 rings (SSSR count). The highest BCUT2D eigenvalue weighted by Crippen LogP contribution is 2.40.